The summed E-state index contributed by atoms with van der Waals surface area (Å²) in [5.74, 6) is 0.900. The van der Waals surface area contributed by atoms with Gasteiger partial charge in [0.05, 0.1) is 18.2 Å². The van der Waals surface area contributed by atoms with E-state index in [1.807, 2.05) is 7.05 Å². The predicted molar refractivity (Wildman–Crippen MR) is 105 cm³/mol. The second-order valence-corrected chi connectivity index (χ2v) is 8.54. The van der Waals surface area contributed by atoms with Crippen molar-refractivity contribution < 1.29 is 4.74 Å². The van der Waals surface area contributed by atoms with Crippen molar-refractivity contribution in [2.24, 2.45) is 4.99 Å². The van der Waals surface area contributed by atoms with Crippen LogP contribution >= 0.6 is 0 Å². The summed E-state index contributed by atoms with van der Waals surface area (Å²) in [7, 11) is 1.85. The first-order chi connectivity index (χ1) is 12.5. The van der Waals surface area contributed by atoms with Crippen LogP contribution in [0.4, 0.5) is 0 Å². The van der Waals surface area contributed by atoms with E-state index < -0.39 is 0 Å². The number of ether oxygens (including phenoxy) is 1. The molecule has 4 rings (SSSR count). The van der Waals surface area contributed by atoms with Crippen molar-refractivity contribution in [2.45, 2.75) is 69.9 Å². The molecule has 2 saturated heterocycles. The van der Waals surface area contributed by atoms with Crippen molar-refractivity contribution in [3.8, 4) is 0 Å². The van der Waals surface area contributed by atoms with Crippen LogP contribution in [0.5, 0.6) is 0 Å². The molecule has 2 fully saturated rings. The highest BCUT2D eigenvalue weighted by molar-refractivity contribution is 5.80. The lowest BCUT2D eigenvalue weighted by Gasteiger charge is -2.42. The van der Waals surface area contributed by atoms with E-state index >= 15 is 0 Å². The number of benzene rings is 1. The molecule has 3 aliphatic rings. The molecule has 142 valence electrons. The van der Waals surface area contributed by atoms with Crippen LogP contribution in [0.15, 0.2) is 29.3 Å². The second-order valence-electron chi connectivity index (χ2n) is 8.54. The van der Waals surface area contributed by atoms with Crippen molar-refractivity contribution in [3.05, 3.63) is 35.4 Å². The molecule has 1 aromatic carbocycles. The number of hydrogen-bond acceptors (Lipinski definition) is 3. The molecule has 5 heteroatoms. The van der Waals surface area contributed by atoms with Crippen molar-refractivity contribution >= 4 is 5.96 Å². The minimum Gasteiger partial charge on any atom is -0.373 e. The third kappa shape index (κ3) is 3.60. The van der Waals surface area contributed by atoms with Crippen LogP contribution in [0.1, 0.15) is 44.2 Å². The molecular weight excluding hydrogens is 324 g/mol. The Morgan fingerprint density at radius 2 is 2.08 bits per heavy atom. The number of fused-ring (bicyclic) bond motifs is 3. The molecule has 3 atom stereocenters. The fourth-order valence-electron chi connectivity index (χ4n) is 4.58. The fraction of sp³-hybridized carbons (Fsp3) is 0.667. The Labute approximate surface area is 157 Å². The van der Waals surface area contributed by atoms with Gasteiger partial charge in [-0.15, -0.1) is 0 Å². The average molecular weight is 357 g/mol. The predicted octanol–water partition coefficient (Wildman–Crippen LogP) is 2.31. The van der Waals surface area contributed by atoms with Gasteiger partial charge in [-0.05, 0) is 50.7 Å². The first kappa shape index (κ1) is 17.8. The van der Waals surface area contributed by atoms with Crippen molar-refractivity contribution in [1.29, 1.82) is 0 Å². The van der Waals surface area contributed by atoms with E-state index in [0.717, 1.165) is 38.4 Å². The molecule has 2 N–H and O–H groups in total. The molecule has 0 aromatic heterocycles. The van der Waals surface area contributed by atoms with Crippen molar-refractivity contribution in [1.82, 2.24) is 15.5 Å². The summed E-state index contributed by atoms with van der Waals surface area (Å²) in [5, 5.41) is 7.14. The first-order valence-electron chi connectivity index (χ1n) is 9.99. The van der Waals surface area contributed by atoms with Gasteiger partial charge < -0.3 is 15.4 Å². The molecule has 26 heavy (non-hydrogen) atoms. The Balaban J connectivity index is 1.32. The van der Waals surface area contributed by atoms with E-state index in [4.69, 9.17) is 4.74 Å². The van der Waals surface area contributed by atoms with Crippen LogP contribution in [0.3, 0.4) is 0 Å². The summed E-state index contributed by atoms with van der Waals surface area (Å²) >= 11 is 0. The van der Waals surface area contributed by atoms with Crippen LogP contribution < -0.4 is 10.6 Å². The standard InChI is InChI=1S/C21H32N4O/c1-21(2,25-11-10-15-6-4-5-7-16(15)13-25)14-23-20(22-3)24-18-12-17-8-9-19(18)26-17/h4-7,17-19H,8-14H2,1-3H3,(H2,22,23,24). The van der Waals surface area contributed by atoms with Crippen LogP contribution in [0.2, 0.25) is 0 Å². The van der Waals surface area contributed by atoms with Crippen LogP contribution in [0, 0.1) is 0 Å². The Morgan fingerprint density at radius 1 is 1.27 bits per heavy atom. The van der Waals surface area contributed by atoms with E-state index in [9.17, 15) is 0 Å². The van der Waals surface area contributed by atoms with Gasteiger partial charge in [-0.1, -0.05) is 24.3 Å². The smallest absolute Gasteiger partial charge is 0.191 e. The Hall–Kier alpha value is -1.59. The molecule has 0 radical (unpaired) electrons. The summed E-state index contributed by atoms with van der Waals surface area (Å²) in [6.07, 6.45) is 5.47. The summed E-state index contributed by atoms with van der Waals surface area (Å²) < 4.78 is 5.95. The van der Waals surface area contributed by atoms with Gasteiger partial charge in [0, 0.05) is 32.2 Å². The van der Waals surface area contributed by atoms with Gasteiger partial charge in [0.15, 0.2) is 5.96 Å². The van der Waals surface area contributed by atoms with Gasteiger partial charge in [-0.25, -0.2) is 0 Å². The maximum absolute atomic E-state index is 5.95. The fourth-order valence-corrected chi connectivity index (χ4v) is 4.58. The number of rotatable bonds is 4. The van der Waals surface area contributed by atoms with Gasteiger partial charge in [0.2, 0.25) is 0 Å². The van der Waals surface area contributed by atoms with Gasteiger partial charge in [-0.3, -0.25) is 9.89 Å². The molecule has 5 nitrogen and oxygen atoms in total. The highest BCUT2D eigenvalue weighted by atomic mass is 16.5. The number of hydrogen-bond donors (Lipinski definition) is 2. The summed E-state index contributed by atoms with van der Waals surface area (Å²) in [6.45, 7) is 7.65. The Morgan fingerprint density at radius 3 is 2.77 bits per heavy atom. The molecule has 3 unspecified atom stereocenters. The van der Waals surface area contributed by atoms with E-state index in [1.54, 1.807) is 0 Å². The summed E-state index contributed by atoms with van der Waals surface area (Å²) in [4.78, 5) is 7.02. The van der Waals surface area contributed by atoms with E-state index in [2.05, 4.69) is 58.6 Å². The average Bonchev–Trinajstić information content (AvgIpc) is 3.27. The third-order valence-electron chi connectivity index (χ3n) is 6.33. The highest BCUT2D eigenvalue weighted by Crippen LogP contribution is 2.34. The molecule has 0 aliphatic carbocycles. The number of nitrogens with zero attached hydrogens (tertiary/aromatic N) is 2. The molecule has 0 saturated carbocycles. The lowest BCUT2D eigenvalue weighted by Crippen LogP contribution is -2.56. The maximum Gasteiger partial charge on any atom is 0.191 e. The molecule has 2 bridgehead atoms. The van der Waals surface area contributed by atoms with E-state index in [0.29, 0.717) is 18.2 Å². The lowest BCUT2D eigenvalue weighted by molar-refractivity contribution is 0.0987. The van der Waals surface area contributed by atoms with E-state index in [1.165, 1.54) is 24.0 Å². The quantitative estimate of drug-likeness (QED) is 0.642. The van der Waals surface area contributed by atoms with Crippen LogP contribution in [-0.4, -0.2) is 54.8 Å². The monoisotopic (exact) mass is 356 g/mol. The van der Waals surface area contributed by atoms with Crippen molar-refractivity contribution in [2.75, 3.05) is 20.1 Å². The van der Waals surface area contributed by atoms with Crippen LogP contribution in [0.25, 0.3) is 0 Å². The number of aliphatic imine (C=N–C) groups is 1. The lowest BCUT2D eigenvalue weighted by atomic mass is 9.94. The maximum atomic E-state index is 5.95. The normalized spacial score (nSPS) is 28.9. The molecule has 0 spiro atoms. The largest absolute Gasteiger partial charge is 0.373 e. The second kappa shape index (κ2) is 7.20. The van der Waals surface area contributed by atoms with Crippen molar-refractivity contribution in [3.63, 3.8) is 0 Å². The molecular formula is C21H32N4O. The molecule has 3 aliphatic heterocycles. The zero-order chi connectivity index (χ0) is 18.1. The number of nitrogens with one attached hydrogen (secondary N) is 2. The minimum atomic E-state index is 0.0658. The summed E-state index contributed by atoms with van der Waals surface area (Å²) in [5.41, 5.74) is 3.03. The van der Waals surface area contributed by atoms with Gasteiger partial charge in [-0.2, -0.15) is 0 Å². The SMILES string of the molecule is CN=C(NCC(C)(C)N1CCc2ccccc2C1)NC1CC2CCC1O2. The Bertz CT molecular complexity index is 672. The van der Waals surface area contributed by atoms with Gasteiger partial charge in [0.1, 0.15) is 0 Å². The van der Waals surface area contributed by atoms with Crippen LogP contribution in [-0.2, 0) is 17.7 Å². The van der Waals surface area contributed by atoms with Gasteiger partial charge in [0.25, 0.3) is 0 Å². The zero-order valence-electron chi connectivity index (χ0n) is 16.3. The molecule has 1 aromatic rings. The summed E-state index contributed by atoms with van der Waals surface area (Å²) in [6, 6.07) is 9.24. The van der Waals surface area contributed by atoms with Gasteiger partial charge >= 0.3 is 0 Å². The topological polar surface area (TPSA) is 48.9 Å². The highest BCUT2D eigenvalue weighted by Gasteiger charge is 2.41. The first-order valence-corrected chi connectivity index (χ1v) is 9.99. The molecule has 0 amide bonds. The minimum absolute atomic E-state index is 0.0658. The zero-order valence-corrected chi connectivity index (χ0v) is 16.3. The van der Waals surface area contributed by atoms with E-state index in [-0.39, 0.29) is 5.54 Å². The third-order valence-corrected chi connectivity index (χ3v) is 6.33. The Kier molecular flexibility index (Phi) is 4.93. The molecule has 3 heterocycles. The number of guanidine groups is 1.